The van der Waals surface area contributed by atoms with Gasteiger partial charge in [-0.1, -0.05) is 6.07 Å². The van der Waals surface area contributed by atoms with Gasteiger partial charge in [0.15, 0.2) is 0 Å². The first kappa shape index (κ1) is 14.9. The van der Waals surface area contributed by atoms with Gasteiger partial charge in [0, 0.05) is 31.4 Å². The molecule has 0 saturated heterocycles. The Balaban J connectivity index is 2.81. The van der Waals surface area contributed by atoms with E-state index in [0.717, 1.165) is 24.5 Å². The summed E-state index contributed by atoms with van der Waals surface area (Å²) in [5, 5.41) is 0. The molecule has 2 unspecified atom stereocenters. The lowest BCUT2D eigenvalue weighted by Gasteiger charge is -2.31. The lowest BCUT2D eigenvalue weighted by molar-refractivity contribution is 0.372. The SMILES string of the molecule is CCN(c1ccc(C(C)N)cn1)C(C)CN(C)C. The Hall–Kier alpha value is -1.13. The van der Waals surface area contributed by atoms with Crippen molar-refractivity contribution < 1.29 is 0 Å². The molecule has 1 aromatic rings. The molecule has 4 nitrogen and oxygen atoms in total. The molecule has 4 heteroatoms. The third-order valence-corrected chi connectivity index (χ3v) is 3.09. The van der Waals surface area contributed by atoms with Crippen LogP contribution in [-0.2, 0) is 0 Å². The van der Waals surface area contributed by atoms with E-state index in [0.29, 0.717) is 6.04 Å². The molecule has 0 radical (unpaired) electrons. The molecular formula is C14H26N4. The number of nitrogens with zero attached hydrogens (tertiary/aromatic N) is 3. The minimum absolute atomic E-state index is 0.0424. The first-order valence-electron chi connectivity index (χ1n) is 6.58. The highest BCUT2D eigenvalue weighted by molar-refractivity contribution is 5.40. The Morgan fingerprint density at radius 2 is 1.94 bits per heavy atom. The normalized spacial score (nSPS) is 14.6. The second-order valence-corrected chi connectivity index (χ2v) is 5.14. The van der Waals surface area contributed by atoms with Crippen LogP contribution in [0.15, 0.2) is 18.3 Å². The van der Waals surface area contributed by atoms with Gasteiger partial charge in [-0.3, -0.25) is 0 Å². The largest absolute Gasteiger partial charge is 0.353 e. The highest BCUT2D eigenvalue weighted by Gasteiger charge is 2.14. The smallest absolute Gasteiger partial charge is 0.128 e. The average Bonchev–Trinajstić information content (AvgIpc) is 2.29. The summed E-state index contributed by atoms with van der Waals surface area (Å²) >= 11 is 0. The second kappa shape index (κ2) is 6.71. The molecule has 2 N–H and O–H groups in total. The van der Waals surface area contributed by atoms with E-state index in [-0.39, 0.29) is 6.04 Å². The van der Waals surface area contributed by atoms with Crippen LogP contribution in [0.5, 0.6) is 0 Å². The van der Waals surface area contributed by atoms with Crippen LogP contribution >= 0.6 is 0 Å². The summed E-state index contributed by atoms with van der Waals surface area (Å²) in [5.41, 5.74) is 6.92. The lowest BCUT2D eigenvalue weighted by atomic mass is 10.1. The Morgan fingerprint density at radius 1 is 1.28 bits per heavy atom. The predicted octanol–water partition coefficient (Wildman–Crippen LogP) is 1.88. The number of nitrogens with two attached hydrogens (primary N) is 1. The number of hydrogen-bond acceptors (Lipinski definition) is 4. The van der Waals surface area contributed by atoms with Gasteiger partial charge in [0.25, 0.3) is 0 Å². The maximum Gasteiger partial charge on any atom is 0.128 e. The summed E-state index contributed by atoms with van der Waals surface area (Å²) in [5.74, 6) is 1.02. The molecule has 102 valence electrons. The van der Waals surface area contributed by atoms with E-state index >= 15 is 0 Å². The van der Waals surface area contributed by atoms with Gasteiger partial charge in [-0.25, -0.2) is 4.98 Å². The monoisotopic (exact) mass is 250 g/mol. The summed E-state index contributed by atoms with van der Waals surface area (Å²) in [7, 11) is 4.19. The molecule has 0 bridgehead atoms. The van der Waals surface area contributed by atoms with Crippen molar-refractivity contribution in [2.24, 2.45) is 5.73 Å². The van der Waals surface area contributed by atoms with E-state index in [2.05, 4.69) is 54.9 Å². The molecule has 0 amide bonds. The number of pyridine rings is 1. The van der Waals surface area contributed by atoms with Crippen molar-refractivity contribution in [3.05, 3.63) is 23.9 Å². The third-order valence-electron chi connectivity index (χ3n) is 3.09. The molecular weight excluding hydrogens is 224 g/mol. The van der Waals surface area contributed by atoms with Crippen LogP contribution in [0.4, 0.5) is 5.82 Å². The van der Waals surface area contributed by atoms with Crippen molar-refractivity contribution in [2.75, 3.05) is 32.1 Å². The van der Waals surface area contributed by atoms with Crippen molar-refractivity contribution in [3.63, 3.8) is 0 Å². The van der Waals surface area contributed by atoms with Crippen LogP contribution in [-0.4, -0.2) is 43.1 Å². The van der Waals surface area contributed by atoms with Crippen molar-refractivity contribution in [1.82, 2.24) is 9.88 Å². The van der Waals surface area contributed by atoms with Gasteiger partial charge >= 0.3 is 0 Å². The van der Waals surface area contributed by atoms with Crippen LogP contribution in [0.2, 0.25) is 0 Å². The summed E-state index contributed by atoms with van der Waals surface area (Å²) in [6.45, 7) is 8.34. The first-order valence-corrected chi connectivity index (χ1v) is 6.58. The molecule has 0 aliphatic rings. The van der Waals surface area contributed by atoms with Crippen LogP contribution in [0.1, 0.15) is 32.4 Å². The van der Waals surface area contributed by atoms with Gasteiger partial charge in [0.1, 0.15) is 5.82 Å². The fraction of sp³-hybridized carbons (Fsp3) is 0.643. The number of aromatic nitrogens is 1. The number of rotatable bonds is 6. The van der Waals surface area contributed by atoms with Crippen molar-refractivity contribution in [3.8, 4) is 0 Å². The van der Waals surface area contributed by atoms with Gasteiger partial charge < -0.3 is 15.5 Å². The molecule has 0 spiro atoms. The van der Waals surface area contributed by atoms with Crippen molar-refractivity contribution in [2.45, 2.75) is 32.9 Å². The minimum atomic E-state index is 0.0424. The molecule has 0 saturated carbocycles. The average molecular weight is 250 g/mol. The van der Waals surface area contributed by atoms with Crippen molar-refractivity contribution >= 4 is 5.82 Å². The molecule has 1 heterocycles. The van der Waals surface area contributed by atoms with Crippen LogP contribution < -0.4 is 10.6 Å². The van der Waals surface area contributed by atoms with Gasteiger partial charge in [0.2, 0.25) is 0 Å². The van der Waals surface area contributed by atoms with Gasteiger partial charge in [-0.2, -0.15) is 0 Å². The zero-order valence-electron chi connectivity index (χ0n) is 12.2. The van der Waals surface area contributed by atoms with E-state index in [1.165, 1.54) is 0 Å². The van der Waals surface area contributed by atoms with Gasteiger partial charge in [0.05, 0.1) is 0 Å². The van der Waals surface area contributed by atoms with E-state index in [1.807, 2.05) is 13.1 Å². The molecule has 18 heavy (non-hydrogen) atoms. The van der Waals surface area contributed by atoms with Crippen LogP contribution in [0.25, 0.3) is 0 Å². The summed E-state index contributed by atoms with van der Waals surface area (Å²) in [4.78, 5) is 9.04. The lowest BCUT2D eigenvalue weighted by Crippen LogP contribution is -2.40. The van der Waals surface area contributed by atoms with Crippen LogP contribution in [0.3, 0.4) is 0 Å². The summed E-state index contributed by atoms with van der Waals surface area (Å²) < 4.78 is 0. The molecule has 2 atom stereocenters. The second-order valence-electron chi connectivity index (χ2n) is 5.14. The van der Waals surface area contributed by atoms with E-state index in [9.17, 15) is 0 Å². The highest BCUT2D eigenvalue weighted by atomic mass is 15.2. The Labute approximate surface area is 111 Å². The molecule has 0 aromatic carbocycles. The molecule has 0 aliphatic carbocycles. The van der Waals surface area contributed by atoms with Gasteiger partial charge in [-0.05, 0) is 46.5 Å². The van der Waals surface area contributed by atoms with Crippen LogP contribution in [0, 0.1) is 0 Å². The zero-order valence-corrected chi connectivity index (χ0v) is 12.2. The summed E-state index contributed by atoms with van der Waals surface area (Å²) in [6.07, 6.45) is 1.88. The Kier molecular flexibility index (Phi) is 5.56. The molecule has 0 fully saturated rings. The first-order chi connectivity index (χ1) is 8.45. The fourth-order valence-electron chi connectivity index (χ4n) is 2.16. The highest BCUT2D eigenvalue weighted by Crippen LogP contribution is 2.17. The van der Waals surface area contributed by atoms with Gasteiger partial charge in [-0.15, -0.1) is 0 Å². The Morgan fingerprint density at radius 3 is 2.33 bits per heavy atom. The van der Waals surface area contributed by atoms with E-state index in [4.69, 9.17) is 5.73 Å². The predicted molar refractivity (Wildman–Crippen MR) is 77.9 cm³/mol. The standard InChI is InChI=1S/C14H26N4/c1-6-18(11(2)10-17(4)5)14-8-7-13(9-16-14)12(3)15/h7-9,11-12H,6,10,15H2,1-5H3. The third kappa shape index (κ3) is 3.96. The fourth-order valence-corrected chi connectivity index (χ4v) is 2.16. The number of likely N-dealkylation sites (N-methyl/N-ethyl adjacent to an activating group) is 2. The quantitative estimate of drug-likeness (QED) is 0.837. The number of anilines is 1. The topological polar surface area (TPSA) is 45.4 Å². The minimum Gasteiger partial charge on any atom is -0.353 e. The Bertz CT molecular complexity index is 345. The van der Waals surface area contributed by atoms with E-state index < -0.39 is 0 Å². The maximum atomic E-state index is 5.84. The van der Waals surface area contributed by atoms with E-state index in [1.54, 1.807) is 0 Å². The molecule has 1 aromatic heterocycles. The maximum absolute atomic E-state index is 5.84. The zero-order chi connectivity index (χ0) is 13.7. The number of hydrogen-bond donors (Lipinski definition) is 1. The summed E-state index contributed by atoms with van der Waals surface area (Å²) in [6, 6.07) is 4.62. The van der Waals surface area contributed by atoms with Crippen molar-refractivity contribution in [1.29, 1.82) is 0 Å². The molecule has 0 aliphatic heterocycles. The molecule has 1 rings (SSSR count).